The predicted octanol–water partition coefficient (Wildman–Crippen LogP) is 0.771. The minimum absolute atomic E-state index is 0.477. The summed E-state index contributed by atoms with van der Waals surface area (Å²) in [5.41, 5.74) is 5.68. The van der Waals surface area contributed by atoms with Gasteiger partial charge in [-0.05, 0) is 20.4 Å². The average Bonchev–Trinajstić information content (AvgIpc) is 2.32. The van der Waals surface area contributed by atoms with Crippen LogP contribution in [0.1, 0.15) is 0 Å². The van der Waals surface area contributed by atoms with Crippen molar-refractivity contribution in [1.82, 2.24) is 14.9 Å². The molecule has 1 heterocycles. The summed E-state index contributed by atoms with van der Waals surface area (Å²) in [5.74, 6) is 1.22. The summed E-state index contributed by atoms with van der Waals surface area (Å²) >= 11 is 1.47. The van der Waals surface area contributed by atoms with Gasteiger partial charge in [0.1, 0.15) is 11.6 Å². The van der Waals surface area contributed by atoms with Crippen LogP contribution >= 0.6 is 11.8 Å². The molecule has 3 N–H and O–H groups in total. The van der Waals surface area contributed by atoms with Crippen molar-refractivity contribution in [2.24, 2.45) is 0 Å². The quantitative estimate of drug-likeness (QED) is 0.411. The molecule has 0 aromatic carbocycles. The van der Waals surface area contributed by atoms with E-state index in [1.807, 2.05) is 20.4 Å². The maximum Gasteiger partial charge on any atom is 0.191 e. The molecule has 18 heavy (non-hydrogen) atoms. The fraction of sp³-hybridized carbons (Fsp3) is 0.636. The van der Waals surface area contributed by atoms with Crippen LogP contribution in [0.2, 0.25) is 0 Å². The zero-order chi connectivity index (χ0) is 13.4. The van der Waals surface area contributed by atoms with Gasteiger partial charge in [-0.25, -0.2) is 9.97 Å². The number of nitrogen functional groups attached to an aromatic ring is 1. The number of likely N-dealkylation sites (N-methyl/N-ethyl adjacent to an activating group) is 1. The molecule has 0 aliphatic carbocycles. The molecule has 102 valence electrons. The third-order valence-corrected chi connectivity index (χ3v) is 2.69. The van der Waals surface area contributed by atoms with Crippen molar-refractivity contribution >= 4 is 23.4 Å². The van der Waals surface area contributed by atoms with Gasteiger partial charge in [-0.3, -0.25) is 0 Å². The molecule has 0 fully saturated rings. The normalized spacial score (nSPS) is 10.9. The highest BCUT2D eigenvalue weighted by Crippen LogP contribution is 2.14. The fourth-order valence-electron chi connectivity index (χ4n) is 1.23. The number of rotatable bonds is 8. The van der Waals surface area contributed by atoms with Crippen LogP contribution in [-0.4, -0.2) is 61.5 Å². The van der Waals surface area contributed by atoms with Crippen LogP contribution < -0.4 is 11.1 Å². The van der Waals surface area contributed by atoms with Gasteiger partial charge < -0.3 is 20.7 Å². The van der Waals surface area contributed by atoms with Crippen molar-refractivity contribution in [2.45, 2.75) is 5.16 Å². The third kappa shape index (κ3) is 6.04. The Balaban J connectivity index is 2.24. The Morgan fingerprint density at radius 1 is 1.39 bits per heavy atom. The Hall–Kier alpha value is -1.05. The number of anilines is 2. The van der Waals surface area contributed by atoms with Crippen molar-refractivity contribution in [2.75, 3.05) is 57.7 Å². The van der Waals surface area contributed by atoms with E-state index in [1.54, 1.807) is 6.07 Å². The maximum absolute atomic E-state index is 5.68. The summed E-state index contributed by atoms with van der Waals surface area (Å²) in [6, 6.07) is 1.72. The molecule has 0 amide bonds. The SMILES string of the molecule is CSc1nc(N)cc(NCCOCCN(C)C)n1. The van der Waals surface area contributed by atoms with E-state index in [0.717, 1.165) is 19.0 Å². The van der Waals surface area contributed by atoms with Crippen molar-refractivity contribution in [3.63, 3.8) is 0 Å². The highest BCUT2D eigenvalue weighted by atomic mass is 32.2. The van der Waals surface area contributed by atoms with E-state index in [2.05, 4.69) is 20.2 Å². The first-order valence-corrected chi connectivity index (χ1v) is 6.99. The van der Waals surface area contributed by atoms with Gasteiger partial charge in [0.25, 0.3) is 0 Å². The topological polar surface area (TPSA) is 76.3 Å². The van der Waals surface area contributed by atoms with E-state index in [9.17, 15) is 0 Å². The average molecular weight is 271 g/mol. The Morgan fingerprint density at radius 3 is 2.83 bits per heavy atom. The molecule has 0 aliphatic rings. The molecule has 0 unspecified atom stereocenters. The zero-order valence-electron chi connectivity index (χ0n) is 11.1. The minimum atomic E-state index is 0.477. The molecule has 0 atom stereocenters. The van der Waals surface area contributed by atoms with Crippen LogP contribution in [-0.2, 0) is 4.74 Å². The van der Waals surface area contributed by atoms with Gasteiger partial charge in [0.15, 0.2) is 5.16 Å². The molecule has 0 radical (unpaired) electrons. The first kappa shape index (κ1) is 15.0. The third-order valence-electron chi connectivity index (χ3n) is 2.14. The van der Waals surface area contributed by atoms with Crippen LogP contribution in [0.15, 0.2) is 11.2 Å². The molecule has 7 heteroatoms. The van der Waals surface area contributed by atoms with E-state index in [0.29, 0.717) is 24.1 Å². The number of thioether (sulfide) groups is 1. The van der Waals surface area contributed by atoms with E-state index in [1.165, 1.54) is 11.8 Å². The Labute approximate surface area is 112 Å². The Morgan fingerprint density at radius 2 is 2.17 bits per heavy atom. The number of aromatic nitrogens is 2. The van der Waals surface area contributed by atoms with Gasteiger partial charge in [-0.2, -0.15) is 0 Å². The first-order chi connectivity index (χ1) is 8.61. The summed E-state index contributed by atoms with van der Waals surface area (Å²) in [6.07, 6.45) is 1.92. The highest BCUT2D eigenvalue weighted by molar-refractivity contribution is 7.98. The van der Waals surface area contributed by atoms with Crippen LogP contribution in [0.4, 0.5) is 11.6 Å². The van der Waals surface area contributed by atoms with Gasteiger partial charge in [0.05, 0.1) is 13.2 Å². The number of nitrogens with zero attached hydrogens (tertiary/aromatic N) is 3. The fourth-order valence-corrected chi connectivity index (χ4v) is 1.61. The lowest BCUT2D eigenvalue weighted by molar-refractivity contribution is 0.126. The van der Waals surface area contributed by atoms with Crippen molar-refractivity contribution in [3.8, 4) is 0 Å². The van der Waals surface area contributed by atoms with Crippen LogP contribution in [0.3, 0.4) is 0 Å². The first-order valence-electron chi connectivity index (χ1n) is 5.76. The summed E-state index contributed by atoms with van der Waals surface area (Å²) in [5, 5.41) is 3.84. The molecule has 0 saturated heterocycles. The van der Waals surface area contributed by atoms with Crippen molar-refractivity contribution in [3.05, 3.63) is 6.07 Å². The smallest absolute Gasteiger partial charge is 0.191 e. The second kappa shape index (κ2) is 8.12. The van der Waals surface area contributed by atoms with E-state index in [-0.39, 0.29) is 0 Å². The van der Waals surface area contributed by atoms with Crippen molar-refractivity contribution in [1.29, 1.82) is 0 Å². The molecule has 0 spiro atoms. The lowest BCUT2D eigenvalue weighted by Gasteiger charge is -2.10. The minimum Gasteiger partial charge on any atom is -0.383 e. The molecular formula is C11H21N5OS. The molecule has 1 aromatic rings. The lowest BCUT2D eigenvalue weighted by Crippen LogP contribution is -2.20. The summed E-state index contributed by atoms with van der Waals surface area (Å²) in [4.78, 5) is 10.5. The highest BCUT2D eigenvalue weighted by Gasteiger charge is 2.01. The molecule has 0 bridgehead atoms. The molecule has 0 saturated carbocycles. The van der Waals surface area contributed by atoms with Crippen LogP contribution in [0.5, 0.6) is 0 Å². The second-order valence-corrected chi connectivity index (χ2v) is 4.78. The summed E-state index contributed by atoms with van der Waals surface area (Å²) in [7, 11) is 4.05. The molecule has 1 rings (SSSR count). The number of ether oxygens (including phenoxy) is 1. The number of hydrogen-bond acceptors (Lipinski definition) is 7. The predicted molar refractivity (Wildman–Crippen MR) is 76.1 cm³/mol. The molecule has 6 nitrogen and oxygen atoms in total. The van der Waals surface area contributed by atoms with Crippen LogP contribution in [0.25, 0.3) is 0 Å². The molecule has 0 aliphatic heterocycles. The number of hydrogen-bond donors (Lipinski definition) is 2. The molecule has 1 aromatic heterocycles. The van der Waals surface area contributed by atoms with Gasteiger partial charge >= 0.3 is 0 Å². The lowest BCUT2D eigenvalue weighted by atomic mass is 10.5. The number of nitrogens with one attached hydrogen (secondary N) is 1. The zero-order valence-corrected chi connectivity index (χ0v) is 12.0. The summed E-state index contributed by atoms with van der Waals surface area (Å²) in [6.45, 7) is 3.01. The van der Waals surface area contributed by atoms with E-state index < -0.39 is 0 Å². The van der Waals surface area contributed by atoms with Crippen molar-refractivity contribution < 1.29 is 4.74 Å². The van der Waals surface area contributed by atoms with E-state index >= 15 is 0 Å². The maximum atomic E-state index is 5.68. The number of nitrogens with two attached hydrogens (primary N) is 1. The second-order valence-electron chi connectivity index (χ2n) is 4.01. The largest absolute Gasteiger partial charge is 0.383 e. The van der Waals surface area contributed by atoms with Crippen LogP contribution in [0, 0.1) is 0 Å². The Kier molecular flexibility index (Phi) is 6.77. The van der Waals surface area contributed by atoms with Gasteiger partial charge in [0, 0.05) is 19.2 Å². The summed E-state index contributed by atoms with van der Waals surface area (Å²) < 4.78 is 5.47. The van der Waals surface area contributed by atoms with Gasteiger partial charge in [0.2, 0.25) is 0 Å². The molecular weight excluding hydrogens is 250 g/mol. The van der Waals surface area contributed by atoms with Gasteiger partial charge in [-0.15, -0.1) is 0 Å². The monoisotopic (exact) mass is 271 g/mol. The van der Waals surface area contributed by atoms with E-state index in [4.69, 9.17) is 10.5 Å². The Bertz CT molecular complexity index is 361. The standard InChI is InChI=1S/C11H21N5OS/c1-16(2)5-7-17-6-4-13-10-8-9(12)14-11(15-10)18-3/h8H,4-7H2,1-3H3,(H3,12,13,14,15). The van der Waals surface area contributed by atoms with Gasteiger partial charge in [-0.1, -0.05) is 11.8 Å².